The lowest BCUT2D eigenvalue weighted by molar-refractivity contribution is -0.124. The second kappa shape index (κ2) is 4.09. The number of carbonyl (C=O) groups is 2. The van der Waals surface area contributed by atoms with Gasteiger partial charge in [0.05, 0.1) is 17.5 Å². The number of hydrogen-bond donors (Lipinski definition) is 0. The maximum absolute atomic E-state index is 13.0. The van der Waals surface area contributed by atoms with Gasteiger partial charge < -0.3 is 0 Å². The van der Waals surface area contributed by atoms with Crippen molar-refractivity contribution in [3.05, 3.63) is 42.0 Å². The molecule has 112 valence electrons. The molecule has 1 saturated heterocycles. The van der Waals surface area contributed by atoms with Crippen molar-refractivity contribution in [3.8, 4) is 0 Å². The minimum Gasteiger partial charge on any atom is -0.274 e. The number of aryl methyl sites for hydroxylation is 1. The Balaban J connectivity index is 1.60. The summed E-state index contributed by atoms with van der Waals surface area (Å²) in [5, 5.41) is 0. The first-order valence-corrected chi connectivity index (χ1v) is 8.36. The second-order valence-corrected chi connectivity index (χ2v) is 7.15. The van der Waals surface area contributed by atoms with E-state index in [1.54, 1.807) is 0 Å². The molecule has 3 heteroatoms. The van der Waals surface area contributed by atoms with Gasteiger partial charge >= 0.3 is 0 Å². The van der Waals surface area contributed by atoms with Crippen molar-refractivity contribution < 1.29 is 9.59 Å². The van der Waals surface area contributed by atoms with E-state index in [0.717, 1.165) is 17.7 Å². The normalized spacial score (nSPS) is 40.9. The fourth-order valence-electron chi connectivity index (χ4n) is 5.22. The number of hydrogen-bond acceptors (Lipinski definition) is 2. The largest absolute Gasteiger partial charge is 0.274 e. The molecule has 0 spiro atoms. The molecule has 1 aromatic rings. The minimum absolute atomic E-state index is 0.0422. The molecule has 2 saturated carbocycles. The Labute approximate surface area is 130 Å². The summed E-state index contributed by atoms with van der Waals surface area (Å²) in [5.74, 6) is 1.81. The molecular weight excluding hydrogens is 274 g/mol. The lowest BCUT2D eigenvalue weighted by Crippen LogP contribution is -2.40. The highest BCUT2D eigenvalue weighted by molar-refractivity contribution is 6.23. The molecule has 0 aromatic heterocycles. The van der Waals surface area contributed by atoms with E-state index in [1.807, 2.05) is 24.3 Å². The smallest absolute Gasteiger partial charge is 0.238 e. The third kappa shape index (κ3) is 1.37. The monoisotopic (exact) mass is 293 g/mol. The average molecular weight is 293 g/mol. The molecule has 5 aliphatic rings. The summed E-state index contributed by atoms with van der Waals surface area (Å²) in [6.45, 7) is 2.07. The van der Waals surface area contributed by atoms with Crippen LogP contribution in [0.4, 0.5) is 5.69 Å². The molecule has 22 heavy (non-hydrogen) atoms. The standard InChI is InChI=1S/C19H19NO2/c1-2-10-5-3-4-6-15(10)20-18(21)16-11-7-8-12(14-9-13(11)14)17(16)19(20)22/h3-8,11-14,16-17H,2,9H2,1H3/t11-,12+,13+,14-,16+,17-. The molecule has 1 heterocycles. The van der Waals surface area contributed by atoms with Gasteiger partial charge in [-0.05, 0) is 48.1 Å². The molecule has 3 fully saturated rings. The van der Waals surface area contributed by atoms with Gasteiger partial charge in [-0.2, -0.15) is 0 Å². The van der Waals surface area contributed by atoms with E-state index < -0.39 is 0 Å². The van der Waals surface area contributed by atoms with Gasteiger partial charge in [0, 0.05) is 0 Å². The number of allylic oxidation sites excluding steroid dienone is 2. The number of anilines is 1. The Kier molecular flexibility index (Phi) is 2.35. The van der Waals surface area contributed by atoms with Gasteiger partial charge in [-0.25, -0.2) is 4.90 Å². The van der Waals surface area contributed by atoms with Crippen molar-refractivity contribution in [1.82, 2.24) is 0 Å². The fraction of sp³-hybridized carbons (Fsp3) is 0.474. The van der Waals surface area contributed by atoms with E-state index in [0.29, 0.717) is 23.7 Å². The van der Waals surface area contributed by atoms with Crippen molar-refractivity contribution in [2.75, 3.05) is 4.90 Å². The van der Waals surface area contributed by atoms with Crippen molar-refractivity contribution in [1.29, 1.82) is 0 Å². The zero-order chi connectivity index (χ0) is 15.0. The number of amides is 2. The molecule has 4 aliphatic carbocycles. The number of para-hydroxylation sites is 1. The molecule has 2 bridgehead atoms. The second-order valence-electron chi connectivity index (χ2n) is 7.15. The quantitative estimate of drug-likeness (QED) is 0.621. The highest BCUT2D eigenvalue weighted by atomic mass is 16.2. The van der Waals surface area contributed by atoms with Crippen molar-refractivity contribution in [2.45, 2.75) is 19.8 Å². The van der Waals surface area contributed by atoms with Gasteiger partial charge in [0.1, 0.15) is 0 Å². The van der Waals surface area contributed by atoms with Crippen molar-refractivity contribution >= 4 is 17.5 Å². The first kappa shape index (κ1) is 12.6. The van der Waals surface area contributed by atoms with Crippen LogP contribution in [-0.4, -0.2) is 11.8 Å². The maximum atomic E-state index is 13.0. The van der Waals surface area contributed by atoms with Crippen LogP contribution >= 0.6 is 0 Å². The van der Waals surface area contributed by atoms with Crippen LogP contribution in [0, 0.1) is 35.5 Å². The van der Waals surface area contributed by atoms with Gasteiger partial charge in [-0.3, -0.25) is 9.59 Å². The van der Waals surface area contributed by atoms with Gasteiger partial charge in [-0.15, -0.1) is 0 Å². The number of nitrogens with zero attached hydrogens (tertiary/aromatic N) is 1. The van der Waals surface area contributed by atoms with E-state index in [9.17, 15) is 9.59 Å². The van der Waals surface area contributed by atoms with E-state index in [-0.39, 0.29) is 23.7 Å². The SMILES string of the molecule is CCc1ccccc1N1C(=O)[C@@H]2[C@H]3C=C[C@H]([C@@H]4C[C@H]34)[C@@H]2C1=O. The molecule has 6 atom stereocenters. The summed E-state index contributed by atoms with van der Waals surface area (Å²) in [5.41, 5.74) is 1.88. The van der Waals surface area contributed by atoms with E-state index in [4.69, 9.17) is 0 Å². The van der Waals surface area contributed by atoms with Crippen LogP contribution < -0.4 is 4.90 Å². The van der Waals surface area contributed by atoms with E-state index in [2.05, 4.69) is 19.1 Å². The lowest BCUT2D eigenvalue weighted by atomic mass is 9.63. The van der Waals surface area contributed by atoms with Crippen LogP contribution in [-0.2, 0) is 16.0 Å². The predicted octanol–water partition coefficient (Wildman–Crippen LogP) is 2.81. The first-order valence-electron chi connectivity index (χ1n) is 8.36. The van der Waals surface area contributed by atoms with Crippen LogP contribution in [0.2, 0.25) is 0 Å². The van der Waals surface area contributed by atoms with Crippen molar-refractivity contribution in [3.63, 3.8) is 0 Å². The van der Waals surface area contributed by atoms with Crippen LogP contribution in [0.15, 0.2) is 36.4 Å². The van der Waals surface area contributed by atoms with Crippen LogP contribution in [0.3, 0.4) is 0 Å². The molecule has 6 rings (SSSR count). The van der Waals surface area contributed by atoms with Gasteiger partial charge in [0.2, 0.25) is 11.8 Å². The average Bonchev–Trinajstić information content (AvgIpc) is 3.32. The zero-order valence-electron chi connectivity index (χ0n) is 12.6. The molecule has 2 amide bonds. The van der Waals surface area contributed by atoms with Crippen LogP contribution in [0.1, 0.15) is 18.9 Å². The van der Waals surface area contributed by atoms with E-state index >= 15 is 0 Å². The third-order valence-corrected chi connectivity index (χ3v) is 6.28. The summed E-state index contributed by atoms with van der Waals surface area (Å²) in [6, 6.07) is 7.83. The molecule has 0 N–H and O–H groups in total. The molecule has 0 unspecified atom stereocenters. The topological polar surface area (TPSA) is 37.4 Å². The summed E-state index contributed by atoms with van der Waals surface area (Å²) in [7, 11) is 0. The number of benzene rings is 1. The zero-order valence-corrected chi connectivity index (χ0v) is 12.6. The minimum atomic E-state index is -0.101. The Morgan fingerprint density at radius 1 is 1.00 bits per heavy atom. The highest BCUT2D eigenvalue weighted by Gasteiger charge is 2.67. The number of imide groups is 1. The molecular formula is C19H19NO2. The fourth-order valence-corrected chi connectivity index (χ4v) is 5.22. The molecule has 3 nitrogen and oxygen atoms in total. The van der Waals surface area contributed by atoms with Gasteiger partial charge in [0.15, 0.2) is 0 Å². The third-order valence-electron chi connectivity index (χ3n) is 6.28. The maximum Gasteiger partial charge on any atom is 0.238 e. The Morgan fingerprint density at radius 2 is 1.59 bits per heavy atom. The molecule has 1 aliphatic heterocycles. The Bertz CT molecular complexity index is 686. The lowest BCUT2D eigenvalue weighted by Gasteiger charge is -2.37. The predicted molar refractivity (Wildman–Crippen MR) is 83.0 cm³/mol. The summed E-state index contributed by atoms with van der Waals surface area (Å²) in [4.78, 5) is 27.6. The van der Waals surface area contributed by atoms with Crippen molar-refractivity contribution in [2.24, 2.45) is 35.5 Å². The number of rotatable bonds is 2. The van der Waals surface area contributed by atoms with E-state index in [1.165, 1.54) is 11.3 Å². The summed E-state index contributed by atoms with van der Waals surface area (Å²) in [6.07, 6.45) is 6.49. The van der Waals surface area contributed by atoms with Gasteiger partial charge in [-0.1, -0.05) is 37.3 Å². The van der Waals surface area contributed by atoms with Gasteiger partial charge in [0.25, 0.3) is 0 Å². The Hall–Kier alpha value is -1.90. The molecule has 1 aromatic carbocycles. The first-order chi connectivity index (χ1) is 10.7. The highest BCUT2D eigenvalue weighted by Crippen LogP contribution is 2.65. The van der Waals surface area contributed by atoms with Crippen LogP contribution in [0.25, 0.3) is 0 Å². The van der Waals surface area contributed by atoms with Crippen LogP contribution in [0.5, 0.6) is 0 Å². The molecule has 0 radical (unpaired) electrons. The number of carbonyl (C=O) groups excluding carboxylic acids is 2. The summed E-state index contributed by atoms with van der Waals surface area (Å²) < 4.78 is 0. The summed E-state index contributed by atoms with van der Waals surface area (Å²) >= 11 is 0. The Morgan fingerprint density at radius 3 is 2.18 bits per heavy atom.